The highest BCUT2D eigenvalue weighted by Crippen LogP contribution is 2.34. The molecule has 4 aromatic rings. The van der Waals surface area contributed by atoms with Crippen molar-refractivity contribution in [3.63, 3.8) is 0 Å². The minimum atomic E-state index is -4.51. The number of rotatable bonds is 4. The molecule has 5 rings (SSSR count). The monoisotopic (exact) mass is 509 g/mol. The topological polar surface area (TPSA) is 71.5 Å². The number of anilines is 1. The second-order valence-corrected chi connectivity index (χ2v) is 10.6. The molecule has 1 aliphatic heterocycles. The van der Waals surface area contributed by atoms with Gasteiger partial charge in [0.25, 0.3) is 11.8 Å². The van der Waals surface area contributed by atoms with Crippen LogP contribution >= 0.6 is 0 Å². The van der Waals surface area contributed by atoms with Gasteiger partial charge in [0, 0.05) is 16.5 Å². The second kappa shape index (κ2) is 8.30. The van der Waals surface area contributed by atoms with Crippen molar-refractivity contribution in [1.82, 2.24) is 0 Å². The number of hydrogen-bond donors (Lipinski definition) is 0. The first-order valence-corrected chi connectivity index (χ1v) is 12.5. The van der Waals surface area contributed by atoms with Gasteiger partial charge in [-0.15, -0.1) is 0 Å². The third-order valence-corrected chi connectivity index (χ3v) is 7.78. The van der Waals surface area contributed by atoms with Crippen molar-refractivity contribution in [2.24, 2.45) is 0 Å². The van der Waals surface area contributed by atoms with Crippen LogP contribution in [-0.2, 0) is 21.8 Å². The number of benzene rings is 4. The molecule has 0 fully saturated rings. The molecule has 0 spiro atoms. The summed E-state index contributed by atoms with van der Waals surface area (Å²) < 4.78 is 64.0. The van der Waals surface area contributed by atoms with Gasteiger partial charge in [-0.2, -0.15) is 13.2 Å². The molecule has 0 N–H and O–H groups in total. The maximum atomic E-state index is 13.3. The third kappa shape index (κ3) is 4.05. The lowest BCUT2D eigenvalue weighted by Gasteiger charge is -2.27. The number of hydrogen-bond acceptors (Lipinski definition) is 4. The summed E-state index contributed by atoms with van der Waals surface area (Å²) in [5, 5.41) is 1.37. The Morgan fingerprint density at radius 3 is 2.08 bits per heavy atom. The van der Waals surface area contributed by atoms with Crippen molar-refractivity contribution in [3.05, 3.63) is 107 Å². The van der Waals surface area contributed by atoms with Gasteiger partial charge < -0.3 is 0 Å². The number of halogens is 3. The number of nitrogens with zero attached hydrogens (tertiary/aromatic N) is 1. The molecule has 0 bridgehead atoms. The lowest BCUT2D eigenvalue weighted by atomic mass is 9.92. The summed E-state index contributed by atoms with van der Waals surface area (Å²) in [6, 6.07) is 18.1. The van der Waals surface area contributed by atoms with Gasteiger partial charge in [0.1, 0.15) is 0 Å². The standard InChI is InChI=1S/C27H18F3NO4S/c1-16-13-18-3-2-4-22-24(18)23(14-16)26(33)31(25(22)32)20-9-11-21(12-10-20)36(34,35)15-17-5-7-19(8-6-17)27(28,29)30/h2-14H,15H2,1H3. The summed E-state index contributed by atoms with van der Waals surface area (Å²) in [4.78, 5) is 27.5. The first-order valence-electron chi connectivity index (χ1n) is 10.9. The Labute approximate surface area is 204 Å². The Bertz CT molecular complexity index is 1640. The van der Waals surface area contributed by atoms with E-state index in [0.29, 0.717) is 16.5 Å². The summed E-state index contributed by atoms with van der Waals surface area (Å²) in [5.74, 6) is -1.52. The molecular formula is C27H18F3NO4S. The van der Waals surface area contributed by atoms with Crippen molar-refractivity contribution in [1.29, 1.82) is 0 Å². The van der Waals surface area contributed by atoms with Gasteiger partial charge in [-0.1, -0.05) is 30.3 Å². The van der Waals surface area contributed by atoms with Crippen LogP contribution in [0.3, 0.4) is 0 Å². The van der Waals surface area contributed by atoms with Crippen LogP contribution in [0, 0.1) is 6.92 Å². The molecular weight excluding hydrogens is 491 g/mol. The average Bonchev–Trinajstić information content (AvgIpc) is 2.82. The van der Waals surface area contributed by atoms with E-state index in [1.165, 1.54) is 24.3 Å². The predicted molar refractivity (Wildman–Crippen MR) is 129 cm³/mol. The van der Waals surface area contributed by atoms with Crippen molar-refractivity contribution in [3.8, 4) is 0 Å². The van der Waals surface area contributed by atoms with Crippen molar-refractivity contribution in [2.75, 3.05) is 4.90 Å². The van der Waals surface area contributed by atoms with Crippen molar-refractivity contribution >= 4 is 38.1 Å². The zero-order valence-electron chi connectivity index (χ0n) is 18.8. The molecule has 0 atom stereocenters. The fraction of sp³-hybridized carbons (Fsp3) is 0.111. The van der Waals surface area contributed by atoms with Crippen LogP contribution in [0.25, 0.3) is 10.8 Å². The fourth-order valence-corrected chi connectivity index (χ4v) is 5.74. The SMILES string of the molecule is Cc1cc2c3c(cccc3c1)C(=O)N(c1ccc(S(=O)(=O)Cc3ccc(C(F)(F)F)cc3)cc1)C2=O. The molecule has 1 heterocycles. The Balaban J connectivity index is 1.44. The molecule has 2 amide bonds. The maximum absolute atomic E-state index is 13.3. The maximum Gasteiger partial charge on any atom is 0.416 e. The first kappa shape index (κ1) is 23.7. The summed E-state index contributed by atoms with van der Waals surface area (Å²) in [7, 11) is -3.89. The second-order valence-electron chi connectivity index (χ2n) is 8.61. The zero-order chi connectivity index (χ0) is 25.8. The summed E-state index contributed by atoms with van der Waals surface area (Å²) in [6.07, 6.45) is -4.51. The van der Waals surface area contributed by atoms with Gasteiger partial charge in [0.2, 0.25) is 0 Å². The van der Waals surface area contributed by atoms with Crippen molar-refractivity contribution < 1.29 is 31.2 Å². The smallest absolute Gasteiger partial charge is 0.268 e. The highest BCUT2D eigenvalue weighted by atomic mass is 32.2. The fourth-order valence-electron chi connectivity index (χ4n) is 4.39. The molecule has 0 radical (unpaired) electrons. The van der Waals surface area contributed by atoms with Gasteiger partial charge in [-0.05, 0) is 72.0 Å². The van der Waals surface area contributed by atoms with E-state index >= 15 is 0 Å². The number of aryl methyl sites for hydroxylation is 1. The number of imide groups is 1. The first-order chi connectivity index (χ1) is 17.0. The minimum absolute atomic E-state index is 0.0820. The van der Waals surface area contributed by atoms with Gasteiger partial charge in [0.05, 0.1) is 21.9 Å². The van der Waals surface area contributed by atoms with Crippen LogP contribution < -0.4 is 4.90 Å². The normalized spacial score (nSPS) is 13.9. The van der Waals surface area contributed by atoms with Crippen LogP contribution in [0.1, 0.15) is 37.4 Å². The lowest BCUT2D eigenvalue weighted by Crippen LogP contribution is -2.40. The lowest BCUT2D eigenvalue weighted by molar-refractivity contribution is -0.137. The van der Waals surface area contributed by atoms with E-state index < -0.39 is 39.1 Å². The van der Waals surface area contributed by atoms with E-state index in [2.05, 4.69) is 0 Å². The molecule has 36 heavy (non-hydrogen) atoms. The highest BCUT2D eigenvalue weighted by Gasteiger charge is 2.34. The van der Waals surface area contributed by atoms with Crippen LogP contribution in [0.4, 0.5) is 18.9 Å². The molecule has 0 saturated carbocycles. The Hall–Kier alpha value is -3.98. The van der Waals surface area contributed by atoms with Crippen LogP contribution in [0.2, 0.25) is 0 Å². The molecule has 182 valence electrons. The van der Waals surface area contributed by atoms with Gasteiger partial charge in [0.15, 0.2) is 9.84 Å². The number of sulfone groups is 1. The van der Waals surface area contributed by atoms with E-state index in [4.69, 9.17) is 0 Å². The van der Waals surface area contributed by atoms with Gasteiger partial charge in [-0.25, -0.2) is 13.3 Å². The summed E-state index contributed by atoms with van der Waals surface area (Å²) in [5.41, 5.74) is 1.18. The molecule has 0 aliphatic carbocycles. The third-order valence-electron chi connectivity index (χ3n) is 6.08. The number of carbonyl (C=O) groups excluding carboxylic acids is 2. The van der Waals surface area contributed by atoms with Crippen molar-refractivity contribution in [2.45, 2.75) is 23.7 Å². The Kier molecular flexibility index (Phi) is 5.48. The highest BCUT2D eigenvalue weighted by molar-refractivity contribution is 7.90. The minimum Gasteiger partial charge on any atom is -0.268 e. The summed E-state index contributed by atoms with van der Waals surface area (Å²) >= 11 is 0. The van der Waals surface area contributed by atoms with Gasteiger partial charge in [-0.3, -0.25) is 9.59 Å². The Morgan fingerprint density at radius 2 is 1.44 bits per heavy atom. The number of alkyl halides is 3. The van der Waals surface area contributed by atoms with E-state index in [1.54, 1.807) is 18.2 Å². The molecule has 5 nitrogen and oxygen atoms in total. The predicted octanol–water partition coefficient (Wildman–Crippen LogP) is 5.94. The molecule has 4 aromatic carbocycles. The Morgan fingerprint density at radius 1 is 0.806 bits per heavy atom. The molecule has 9 heteroatoms. The zero-order valence-corrected chi connectivity index (χ0v) is 19.7. The number of carbonyl (C=O) groups is 2. The average molecular weight is 510 g/mol. The van der Waals surface area contributed by atoms with Crippen LogP contribution in [-0.4, -0.2) is 20.2 Å². The molecule has 0 aromatic heterocycles. The van der Waals surface area contributed by atoms with E-state index in [9.17, 15) is 31.2 Å². The quantitative estimate of drug-likeness (QED) is 0.319. The molecule has 0 saturated heterocycles. The van der Waals surface area contributed by atoms with E-state index in [-0.39, 0.29) is 16.1 Å². The van der Waals surface area contributed by atoms with E-state index in [1.807, 2.05) is 19.1 Å². The molecule has 1 aliphatic rings. The van der Waals surface area contributed by atoms with Crippen LogP contribution in [0.15, 0.2) is 83.8 Å². The van der Waals surface area contributed by atoms with E-state index in [0.717, 1.165) is 40.1 Å². The number of amides is 2. The largest absolute Gasteiger partial charge is 0.416 e. The van der Waals surface area contributed by atoms with Crippen LogP contribution in [0.5, 0.6) is 0 Å². The van der Waals surface area contributed by atoms with Gasteiger partial charge >= 0.3 is 6.18 Å². The summed E-state index contributed by atoms with van der Waals surface area (Å²) in [6.45, 7) is 1.85. The molecule has 0 unspecified atom stereocenters.